The van der Waals surface area contributed by atoms with Crippen molar-refractivity contribution in [1.82, 2.24) is 4.90 Å². The summed E-state index contributed by atoms with van der Waals surface area (Å²) in [4.78, 5) is 23.8. The first-order valence-electron chi connectivity index (χ1n) is 8.64. The quantitative estimate of drug-likeness (QED) is 0.389. The third-order valence-corrected chi connectivity index (χ3v) is 7.58. The Kier molecular flexibility index (Phi) is 4.60. The Bertz CT molecular complexity index is 1070. The Morgan fingerprint density at radius 2 is 1.93 bits per heavy atom. The molecule has 1 aliphatic heterocycles. The van der Waals surface area contributed by atoms with Gasteiger partial charge in [0.1, 0.15) is 5.75 Å². The second-order valence-electron chi connectivity index (χ2n) is 6.94. The number of rotatable bonds is 3. The second-order valence-corrected chi connectivity index (χ2v) is 8.68. The lowest BCUT2D eigenvalue weighted by Gasteiger charge is -2.42. The maximum absolute atomic E-state index is 13.2. The van der Waals surface area contributed by atoms with E-state index in [4.69, 9.17) is 23.2 Å². The number of phenols is 1. The number of likely N-dealkylation sites (tertiary alicyclic amines) is 1. The van der Waals surface area contributed by atoms with Crippen molar-refractivity contribution < 1.29 is 14.7 Å². The fraction of sp³-hybridized carbons (Fsp3) is 0.238. The van der Waals surface area contributed by atoms with Crippen molar-refractivity contribution in [3.05, 3.63) is 66.3 Å². The lowest BCUT2D eigenvalue weighted by atomic mass is 9.68. The molecule has 4 nitrogen and oxygen atoms in total. The van der Waals surface area contributed by atoms with Gasteiger partial charge < -0.3 is 5.11 Å². The molecule has 2 aliphatic rings. The molecule has 0 radical (unpaired) electrons. The second kappa shape index (κ2) is 6.61. The SMILES string of the molecule is C=CC1=CCC2(Cl)C(=O)N(CBr)C(=O)C2(Cl)C1c1ccc2ccccc2c1O. The molecule has 2 amide bonds. The lowest BCUT2D eigenvalue weighted by molar-refractivity contribution is -0.138. The standard InChI is InChI=1S/C21H16BrCl2NO3/c1-2-12-9-10-20(23)18(27)25(11-22)19(28)21(20,24)16(12)15-8-7-13-5-3-4-6-14(13)17(15)26/h2-9,16,26H,1,10-11H2. The number of carbonyl (C=O) groups excluding carboxylic acids is 2. The van der Waals surface area contributed by atoms with Crippen LogP contribution in [0.1, 0.15) is 17.9 Å². The smallest absolute Gasteiger partial charge is 0.254 e. The Morgan fingerprint density at radius 3 is 2.61 bits per heavy atom. The molecule has 2 aromatic rings. The summed E-state index contributed by atoms with van der Waals surface area (Å²) in [6, 6.07) is 10.9. The zero-order chi connectivity index (χ0) is 20.3. The number of alkyl halides is 3. The highest BCUT2D eigenvalue weighted by Crippen LogP contribution is 2.60. The van der Waals surface area contributed by atoms with Crippen LogP contribution in [0.15, 0.2) is 60.7 Å². The summed E-state index contributed by atoms with van der Waals surface area (Å²) in [7, 11) is 0. The summed E-state index contributed by atoms with van der Waals surface area (Å²) >= 11 is 16.9. The average Bonchev–Trinajstić information content (AvgIpc) is 2.85. The Labute approximate surface area is 180 Å². The molecule has 0 bridgehead atoms. The molecule has 0 saturated carbocycles. The van der Waals surface area contributed by atoms with Crippen molar-refractivity contribution in [1.29, 1.82) is 0 Å². The number of nitrogens with zero attached hydrogens (tertiary/aromatic N) is 1. The number of hydrogen-bond donors (Lipinski definition) is 1. The summed E-state index contributed by atoms with van der Waals surface area (Å²) in [6.07, 6.45) is 3.45. The summed E-state index contributed by atoms with van der Waals surface area (Å²) in [5.74, 6) is -1.95. The third kappa shape index (κ3) is 2.30. The summed E-state index contributed by atoms with van der Waals surface area (Å²) in [6.45, 7) is 3.83. The van der Waals surface area contributed by atoms with Crippen LogP contribution in [-0.2, 0) is 9.59 Å². The number of amides is 2. The molecule has 4 rings (SSSR count). The van der Waals surface area contributed by atoms with Gasteiger partial charge in [0.2, 0.25) is 0 Å². The van der Waals surface area contributed by atoms with Gasteiger partial charge in [-0.3, -0.25) is 14.5 Å². The molecule has 3 atom stereocenters. The lowest BCUT2D eigenvalue weighted by Crippen LogP contribution is -2.54. The van der Waals surface area contributed by atoms with Gasteiger partial charge in [-0.05, 0) is 17.4 Å². The predicted octanol–water partition coefficient (Wildman–Crippen LogP) is 4.82. The molecule has 0 aromatic heterocycles. The summed E-state index contributed by atoms with van der Waals surface area (Å²) in [5.41, 5.74) is 1.07. The number of fused-ring (bicyclic) bond motifs is 2. The molecule has 1 fully saturated rings. The number of allylic oxidation sites excluding steroid dienone is 3. The van der Waals surface area contributed by atoms with Crippen LogP contribution >= 0.6 is 39.1 Å². The van der Waals surface area contributed by atoms with Gasteiger partial charge in [-0.1, -0.05) is 71.1 Å². The van der Waals surface area contributed by atoms with Crippen LogP contribution in [0.4, 0.5) is 0 Å². The zero-order valence-corrected chi connectivity index (χ0v) is 17.8. The van der Waals surface area contributed by atoms with Crippen LogP contribution < -0.4 is 0 Å². The Morgan fingerprint density at radius 1 is 1.21 bits per heavy atom. The molecule has 1 saturated heterocycles. The van der Waals surface area contributed by atoms with Crippen LogP contribution in [0.5, 0.6) is 5.75 Å². The van der Waals surface area contributed by atoms with E-state index in [0.717, 1.165) is 10.3 Å². The number of hydrogen-bond acceptors (Lipinski definition) is 3. The van der Waals surface area contributed by atoms with Crippen LogP contribution in [0.25, 0.3) is 10.8 Å². The number of imide groups is 1. The van der Waals surface area contributed by atoms with Crippen molar-refractivity contribution in [3.8, 4) is 5.75 Å². The van der Waals surface area contributed by atoms with Gasteiger partial charge in [0, 0.05) is 16.9 Å². The Balaban J connectivity index is 2.01. The van der Waals surface area contributed by atoms with Crippen LogP contribution in [0.3, 0.4) is 0 Å². The van der Waals surface area contributed by atoms with Crippen molar-refractivity contribution in [2.24, 2.45) is 0 Å². The van der Waals surface area contributed by atoms with Gasteiger partial charge >= 0.3 is 0 Å². The van der Waals surface area contributed by atoms with E-state index in [1.165, 1.54) is 0 Å². The topological polar surface area (TPSA) is 57.6 Å². The zero-order valence-electron chi connectivity index (χ0n) is 14.7. The van der Waals surface area contributed by atoms with E-state index in [1.54, 1.807) is 24.3 Å². The van der Waals surface area contributed by atoms with Crippen LogP contribution in [0, 0.1) is 0 Å². The van der Waals surface area contributed by atoms with Gasteiger partial charge in [-0.15, -0.1) is 23.2 Å². The number of benzene rings is 2. The van der Waals surface area contributed by atoms with E-state index in [-0.39, 0.29) is 17.6 Å². The van der Waals surface area contributed by atoms with Crippen LogP contribution in [-0.4, -0.2) is 37.0 Å². The molecule has 0 spiro atoms. The molecule has 7 heteroatoms. The molecule has 144 valence electrons. The van der Waals surface area contributed by atoms with E-state index in [9.17, 15) is 14.7 Å². The minimum Gasteiger partial charge on any atom is -0.507 e. The van der Waals surface area contributed by atoms with Crippen molar-refractivity contribution in [2.75, 3.05) is 5.45 Å². The van der Waals surface area contributed by atoms with E-state index >= 15 is 0 Å². The maximum atomic E-state index is 13.2. The van der Waals surface area contributed by atoms with Gasteiger partial charge in [-0.2, -0.15) is 0 Å². The fourth-order valence-corrected chi connectivity index (χ4v) is 5.56. The van der Waals surface area contributed by atoms with Gasteiger partial charge in [0.05, 0.1) is 5.45 Å². The monoisotopic (exact) mass is 479 g/mol. The maximum Gasteiger partial charge on any atom is 0.254 e. The average molecular weight is 481 g/mol. The first-order valence-corrected chi connectivity index (χ1v) is 10.5. The highest BCUT2D eigenvalue weighted by atomic mass is 79.9. The van der Waals surface area contributed by atoms with Gasteiger partial charge in [0.25, 0.3) is 11.8 Å². The minimum absolute atomic E-state index is 0.00650. The highest BCUT2D eigenvalue weighted by Gasteiger charge is 2.72. The fourth-order valence-electron chi connectivity index (χ4n) is 4.23. The first kappa shape index (κ1) is 19.5. The molecule has 1 aliphatic carbocycles. The molecule has 2 aromatic carbocycles. The van der Waals surface area contributed by atoms with E-state index in [0.29, 0.717) is 16.5 Å². The molecule has 28 heavy (non-hydrogen) atoms. The molecule has 3 unspecified atom stereocenters. The van der Waals surface area contributed by atoms with Crippen LogP contribution in [0.2, 0.25) is 0 Å². The van der Waals surface area contributed by atoms with Crippen molar-refractivity contribution in [3.63, 3.8) is 0 Å². The number of carbonyl (C=O) groups is 2. The van der Waals surface area contributed by atoms with E-state index in [2.05, 4.69) is 22.5 Å². The largest absolute Gasteiger partial charge is 0.507 e. The molecular weight excluding hydrogens is 465 g/mol. The van der Waals surface area contributed by atoms with Crippen molar-refractivity contribution in [2.45, 2.75) is 22.1 Å². The van der Waals surface area contributed by atoms with E-state index < -0.39 is 27.5 Å². The predicted molar refractivity (Wildman–Crippen MR) is 114 cm³/mol. The highest BCUT2D eigenvalue weighted by molar-refractivity contribution is 9.09. The van der Waals surface area contributed by atoms with Gasteiger partial charge in [-0.25, -0.2) is 0 Å². The summed E-state index contributed by atoms with van der Waals surface area (Å²) < 4.78 is 0. The van der Waals surface area contributed by atoms with E-state index in [1.807, 2.05) is 24.3 Å². The third-order valence-electron chi connectivity index (χ3n) is 5.67. The van der Waals surface area contributed by atoms with Crippen molar-refractivity contribution >= 4 is 61.7 Å². The van der Waals surface area contributed by atoms with Gasteiger partial charge in [0.15, 0.2) is 9.75 Å². The first-order chi connectivity index (χ1) is 13.3. The number of phenolic OH excluding ortho intramolecular Hbond substituents is 1. The summed E-state index contributed by atoms with van der Waals surface area (Å²) in [5, 5.41) is 12.5. The number of aromatic hydroxyl groups is 1. The minimum atomic E-state index is -1.78. The molecule has 1 heterocycles. The Hall–Kier alpha value is -1.82. The normalized spacial score (nSPS) is 29.8. The number of halogens is 3. The molecule has 1 N–H and O–H groups in total. The molecular formula is C21H16BrCl2NO3.